The summed E-state index contributed by atoms with van der Waals surface area (Å²) in [6, 6.07) is 16.0. The SMILES string of the molecule is CC[C@@]1(O)C(=O)OCc2c1cc1n(c2=O)Cc2cc3cc([N+](=O)[O-])cc(NCc4ccccc4)c3nc2-1. The minimum atomic E-state index is -1.91. The van der Waals surface area contributed by atoms with Gasteiger partial charge in [0.1, 0.15) is 6.61 Å². The molecule has 0 saturated carbocycles. The van der Waals surface area contributed by atoms with Crippen molar-refractivity contribution in [3.05, 3.63) is 97.3 Å². The first-order chi connectivity index (χ1) is 17.8. The molecule has 186 valence electrons. The van der Waals surface area contributed by atoms with Crippen LogP contribution in [0.5, 0.6) is 0 Å². The van der Waals surface area contributed by atoms with Crippen molar-refractivity contribution in [1.29, 1.82) is 0 Å². The van der Waals surface area contributed by atoms with E-state index < -0.39 is 16.5 Å². The number of pyridine rings is 2. The van der Waals surface area contributed by atoms with Crippen LogP contribution in [0.25, 0.3) is 22.3 Å². The van der Waals surface area contributed by atoms with Gasteiger partial charge < -0.3 is 19.7 Å². The molecule has 0 amide bonds. The monoisotopic (exact) mass is 498 g/mol. The van der Waals surface area contributed by atoms with Gasteiger partial charge in [-0.1, -0.05) is 37.3 Å². The van der Waals surface area contributed by atoms with Crippen molar-refractivity contribution < 1.29 is 19.6 Å². The van der Waals surface area contributed by atoms with Crippen LogP contribution in [0.1, 0.15) is 35.6 Å². The Kier molecular flexibility index (Phi) is 5.09. The number of rotatable bonds is 5. The summed E-state index contributed by atoms with van der Waals surface area (Å²) in [4.78, 5) is 41.8. The van der Waals surface area contributed by atoms with Crippen LogP contribution in [-0.2, 0) is 34.8 Å². The number of nitro groups is 1. The Balaban J connectivity index is 1.53. The molecule has 0 fully saturated rings. The number of esters is 1. The van der Waals surface area contributed by atoms with E-state index in [0.717, 1.165) is 5.56 Å². The lowest BCUT2D eigenvalue weighted by atomic mass is 9.86. The normalized spacial score (nSPS) is 17.6. The number of anilines is 1. The van der Waals surface area contributed by atoms with Crippen molar-refractivity contribution in [2.45, 2.75) is 38.6 Å². The predicted octanol–water partition coefficient (Wildman–Crippen LogP) is 3.60. The molecule has 6 rings (SSSR count). The number of benzene rings is 2. The summed E-state index contributed by atoms with van der Waals surface area (Å²) in [6.45, 7) is 2.10. The molecular formula is C27H22N4O6. The number of aliphatic hydroxyl groups is 1. The van der Waals surface area contributed by atoms with Crippen LogP contribution in [0.15, 0.2) is 59.4 Å². The zero-order valence-corrected chi connectivity index (χ0v) is 19.9. The maximum absolute atomic E-state index is 13.4. The van der Waals surface area contributed by atoms with Gasteiger partial charge in [-0.3, -0.25) is 14.9 Å². The molecule has 0 saturated heterocycles. The molecule has 2 aliphatic heterocycles. The lowest BCUT2D eigenvalue weighted by Gasteiger charge is -2.31. The van der Waals surface area contributed by atoms with E-state index in [0.29, 0.717) is 40.1 Å². The van der Waals surface area contributed by atoms with Crippen molar-refractivity contribution >= 4 is 28.2 Å². The second-order valence-corrected chi connectivity index (χ2v) is 9.26. The molecule has 0 aliphatic carbocycles. The second-order valence-electron chi connectivity index (χ2n) is 9.26. The van der Waals surface area contributed by atoms with Gasteiger partial charge in [-0.2, -0.15) is 0 Å². The van der Waals surface area contributed by atoms with Crippen LogP contribution in [0, 0.1) is 10.1 Å². The van der Waals surface area contributed by atoms with Gasteiger partial charge in [0.15, 0.2) is 5.60 Å². The lowest BCUT2D eigenvalue weighted by Crippen LogP contribution is -2.44. The summed E-state index contributed by atoms with van der Waals surface area (Å²) >= 11 is 0. The maximum Gasteiger partial charge on any atom is 0.343 e. The standard InChI is InChI=1S/C27H22N4O6/c1-2-27(34)20-11-22-24-17(13-30(22)25(32)19(20)14-37-26(27)33)8-16-9-18(31(35)36)10-21(23(16)29-24)28-12-15-6-4-3-5-7-15/h3-11,28,34H,2,12-14H2,1H3/t27-/m0/s1. The van der Waals surface area contributed by atoms with Gasteiger partial charge in [0.05, 0.1) is 39.6 Å². The molecule has 4 aromatic rings. The number of non-ortho nitro benzene ring substituents is 1. The summed E-state index contributed by atoms with van der Waals surface area (Å²) in [5.41, 5.74) is 1.87. The molecule has 2 aromatic heterocycles. The molecule has 0 spiro atoms. The number of carbonyl (C=O) groups is 1. The van der Waals surface area contributed by atoms with E-state index in [1.807, 2.05) is 30.3 Å². The van der Waals surface area contributed by atoms with Crippen LogP contribution in [0.3, 0.4) is 0 Å². The van der Waals surface area contributed by atoms with E-state index in [9.17, 15) is 24.8 Å². The van der Waals surface area contributed by atoms with E-state index in [2.05, 4.69) is 5.32 Å². The van der Waals surface area contributed by atoms with Gasteiger partial charge in [0, 0.05) is 35.2 Å². The first-order valence-corrected chi connectivity index (χ1v) is 11.9. The largest absolute Gasteiger partial charge is 0.458 e. The van der Waals surface area contributed by atoms with Crippen molar-refractivity contribution in [3.8, 4) is 11.4 Å². The number of aromatic nitrogens is 2. The number of carbonyl (C=O) groups excluding carboxylic acids is 1. The third-order valence-corrected chi connectivity index (χ3v) is 7.13. The molecule has 1 atom stereocenters. The highest BCUT2D eigenvalue weighted by atomic mass is 16.6. The smallest absolute Gasteiger partial charge is 0.343 e. The fourth-order valence-corrected chi connectivity index (χ4v) is 5.11. The van der Waals surface area contributed by atoms with Gasteiger partial charge in [0.2, 0.25) is 0 Å². The minimum absolute atomic E-state index is 0.0525. The number of ether oxygens (including phenoxy) is 1. The summed E-state index contributed by atoms with van der Waals surface area (Å²) in [6.07, 6.45) is 0.0525. The van der Waals surface area contributed by atoms with Crippen LogP contribution >= 0.6 is 0 Å². The highest BCUT2D eigenvalue weighted by Crippen LogP contribution is 2.40. The molecule has 0 radical (unpaired) electrons. The molecule has 2 aromatic carbocycles. The zero-order valence-electron chi connectivity index (χ0n) is 19.9. The average molecular weight is 498 g/mol. The van der Waals surface area contributed by atoms with Gasteiger partial charge >= 0.3 is 5.97 Å². The molecular weight excluding hydrogens is 476 g/mol. The van der Waals surface area contributed by atoms with E-state index in [1.54, 1.807) is 19.1 Å². The number of nitro benzene ring substituents is 1. The van der Waals surface area contributed by atoms with Gasteiger partial charge in [-0.25, -0.2) is 9.78 Å². The Morgan fingerprint density at radius 3 is 2.70 bits per heavy atom. The zero-order chi connectivity index (χ0) is 25.9. The average Bonchev–Trinajstić information content (AvgIpc) is 3.26. The highest BCUT2D eigenvalue weighted by Gasteiger charge is 2.45. The molecule has 0 unspecified atom stereocenters. The van der Waals surface area contributed by atoms with E-state index in [-0.39, 0.29) is 41.9 Å². The number of nitrogens with zero attached hydrogens (tertiary/aromatic N) is 3. The number of hydrogen-bond donors (Lipinski definition) is 2. The highest BCUT2D eigenvalue weighted by molar-refractivity contribution is 5.95. The number of nitrogens with one attached hydrogen (secondary N) is 1. The Morgan fingerprint density at radius 2 is 1.97 bits per heavy atom. The van der Waals surface area contributed by atoms with E-state index >= 15 is 0 Å². The summed E-state index contributed by atoms with van der Waals surface area (Å²) in [5.74, 6) is -0.781. The van der Waals surface area contributed by atoms with E-state index in [1.165, 1.54) is 16.7 Å². The van der Waals surface area contributed by atoms with E-state index in [4.69, 9.17) is 9.72 Å². The predicted molar refractivity (Wildman–Crippen MR) is 135 cm³/mol. The Labute approximate surface area is 210 Å². The van der Waals surface area contributed by atoms with Crippen molar-refractivity contribution in [2.24, 2.45) is 0 Å². The fraction of sp³-hybridized carbons (Fsp3) is 0.222. The van der Waals surface area contributed by atoms with Gasteiger partial charge in [0.25, 0.3) is 11.2 Å². The Bertz CT molecular complexity index is 1680. The van der Waals surface area contributed by atoms with Gasteiger partial charge in [-0.15, -0.1) is 0 Å². The topological polar surface area (TPSA) is 137 Å². The first kappa shape index (κ1) is 22.9. The van der Waals surface area contributed by atoms with Crippen molar-refractivity contribution in [1.82, 2.24) is 9.55 Å². The molecule has 37 heavy (non-hydrogen) atoms. The Hall–Kier alpha value is -4.57. The molecule has 10 nitrogen and oxygen atoms in total. The quantitative estimate of drug-likeness (QED) is 0.213. The van der Waals surface area contributed by atoms with Gasteiger partial charge in [-0.05, 0) is 24.1 Å². The van der Waals surface area contributed by atoms with Crippen LogP contribution in [0.2, 0.25) is 0 Å². The van der Waals surface area contributed by atoms with Crippen LogP contribution < -0.4 is 10.9 Å². The maximum atomic E-state index is 13.4. The molecule has 10 heteroatoms. The van der Waals surface area contributed by atoms with Crippen LogP contribution in [0.4, 0.5) is 11.4 Å². The number of cyclic esters (lactones) is 1. The summed E-state index contributed by atoms with van der Waals surface area (Å²) < 4.78 is 6.65. The third-order valence-electron chi connectivity index (χ3n) is 7.13. The number of fused-ring (bicyclic) bond motifs is 5. The second kappa shape index (κ2) is 8.24. The lowest BCUT2D eigenvalue weighted by molar-refractivity contribution is -0.384. The molecule has 2 N–H and O–H groups in total. The Morgan fingerprint density at radius 1 is 1.19 bits per heavy atom. The fourth-order valence-electron chi connectivity index (χ4n) is 5.11. The molecule has 2 aliphatic rings. The van der Waals surface area contributed by atoms with Crippen LogP contribution in [-0.4, -0.2) is 25.6 Å². The minimum Gasteiger partial charge on any atom is -0.458 e. The van der Waals surface area contributed by atoms with Crippen molar-refractivity contribution in [2.75, 3.05) is 5.32 Å². The first-order valence-electron chi connectivity index (χ1n) is 11.9. The summed E-state index contributed by atoms with van der Waals surface area (Å²) in [7, 11) is 0. The van der Waals surface area contributed by atoms with Crippen molar-refractivity contribution in [3.63, 3.8) is 0 Å². The number of hydrogen-bond acceptors (Lipinski definition) is 8. The summed E-state index contributed by atoms with van der Waals surface area (Å²) in [5, 5.41) is 26.5. The molecule has 0 bridgehead atoms. The molecule has 4 heterocycles. The third kappa shape index (κ3) is 3.48.